The number of rotatable bonds is 54. The largest absolute Gasteiger partial charge is 0.394 e. The number of unbranched alkanes of at least 4 members (excludes halogenated alkanes) is 33. The van der Waals surface area contributed by atoms with Gasteiger partial charge in [-0.3, -0.25) is 4.79 Å². The summed E-state index contributed by atoms with van der Waals surface area (Å²) < 4.78 is 0. The van der Waals surface area contributed by atoms with Gasteiger partial charge in [0.25, 0.3) is 0 Å². The zero-order valence-electron chi connectivity index (χ0n) is 45.8. The first-order valence-corrected chi connectivity index (χ1v) is 30.0. The molecule has 0 aliphatic heterocycles. The summed E-state index contributed by atoms with van der Waals surface area (Å²) in [6.07, 6.45) is 88.7. The molecule has 0 bridgehead atoms. The molecule has 0 saturated heterocycles. The fourth-order valence-electron chi connectivity index (χ4n) is 8.79. The molecular formula is C65H115NO3. The molecule has 0 rings (SSSR count). The third-order valence-electron chi connectivity index (χ3n) is 13.3. The first-order valence-electron chi connectivity index (χ1n) is 30.0. The molecule has 3 N–H and O–H groups in total. The second-order valence-electron chi connectivity index (χ2n) is 20.0. The average Bonchev–Trinajstić information content (AvgIpc) is 3.35. The maximum Gasteiger partial charge on any atom is 0.220 e. The Morgan fingerprint density at radius 3 is 1.01 bits per heavy atom. The third kappa shape index (κ3) is 56.1. The molecule has 0 spiro atoms. The Bertz CT molecular complexity index is 1270. The van der Waals surface area contributed by atoms with Gasteiger partial charge in [0, 0.05) is 6.42 Å². The van der Waals surface area contributed by atoms with Crippen molar-refractivity contribution in [3.63, 3.8) is 0 Å². The lowest BCUT2D eigenvalue weighted by Crippen LogP contribution is -2.45. The van der Waals surface area contributed by atoms with Crippen LogP contribution in [0.4, 0.5) is 0 Å². The molecule has 0 radical (unpaired) electrons. The van der Waals surface area contributed by atoms with E-state index in [4.69, 9.17) is 0 Å². The number of nitrogens with one attached hydrogen (secondary N) is 1. The van der Waals surface area contributed by atoms with Crippen LogP contribution >= 0.6 is 0 Å². The molecule has 4 nitrogen and oxygen atoms in total. The zero-order chi connectivity index (χ0) is 49.9. The zero-order valence-corrected chi connectivity index (χ0v) is 45.8. The molecule has 69 heavy (non-hydrogen) atoms. The average molecular weight is 959 g/mol. The maximum absolute atomic E-state index is 12.5. The second kappa shape index (κ2) is 59.6. The monoisotopic (exact) mass is 958 g/mol. The minimum Gasteiger partial charge on any atom is -0.394 e. The topological polar surface area (TPSA) is 69.6 Å². The highest BCUT2D eigenvalue weighted by Gasteiger charge is 2.18. The van der Waals surface area contributed by atoms with Gasteiger partial charge in [0.1, 0.15) is 0 Å². The van der Waals surface area contributed by atoms with Crippen molar-refractivity contribution in [3.05, 3.63) is 97.2 Å². The molecule has 2 atom stereocenters. The van der Waals surface area contributed by atoms with Crippen LogP contribution in [0.2, 0.25) is 0 Å². The Labute approximate surface area is 430 Å². The van der Waals surface area contributed by atoms with Crippen LogP contribution in [0, 0.1) is 0 Å². The van der Waals surface area contributed by atoms with E-state index in [9.17, 15) is 15.0 Å². The third-order valence-corrected chi connectivity index (χ3v) is 13.3. The summed E-state index contributed by atoms with van der Waals surface area (Å²) in [4.78, 5) is 12.5. The van der Waals surface area contributed by atoms with Crippen molar-refractivity contribution in [1.29, 1.82) is 0 Å². The van der Waals surface area contributed by atoms with E-state index in [2.05, 4.69) is 104 Å². The van der Waals surface area contributed by atoms with E-state index in [1.807, 2.05) is 6.08 Å². The number of carbonyl (C=O) groups excluding carboxylic acids is 1. The van der Waals surface area contributed by atoms with Gasteiger partial charge >= 0.3 is 0 Å². The SMILES string of the molecule is CC/C=C\C/C=C\C/C=C\C/C=C\C/C=C\C/C=C\CCCCCCCCCCCCCCCCC(=O)NC(CO)C(O)/C=C/CC/C=C/CCCCCCCCCCCCCCCCCCCC. The van der Waals surface area contributed by atoms with Crippen LogP contribution in [0.5, 0.6) is 0 Å². The summed E-state index contributed by atoms with van der Waals surface area (Å²) in [5.41, 5.74) is 0. The van der Waals surface area contributed by atoms with Crippen LogP contribution in [0.25, 0.3) is 0 Å². The molecule has 0 aliphatic carbocycles. The fraction of sp³-hybridized carbons (Fsp3) is 0.738. The predicted octanol–water partition coefficient (Wildman–Crippen LogP) is 20.1. The van der Waals surface area contributed by atoms with E-state index in [-0.39, 0.29) is 12.5 Å². The summed E-state index contributed by atoms with van der Waals surface area (Å²) in [5, 5.41) is 23.2. The van der Waals surface area contributed by atoms with Gasteiger partial charge in [-0.2, -0.15) is 0 Å². The van der Waals surface area contributed by atoms with Crippen LogP contribution in [-0.4, -0.2) is 34.9 Å². The summed E-state index contributed by atoms with van der Waals surface area (Å²) in [6, 6.07) is -0.646. The second-order valence-corrected chi connectivity index (χ2v) is 20.0. The van der Waals surface area contributed by atoms with Crippen LogP contribution in [0.3, 0.4) is 0 Å². The van der Waals surface area contributed by atoms with Crippen LogP contribution in [0.15, 0.2) is 97.2 Å². The first kappa shape index (κ1) is 66.3. The lowest BCUT2D eigenvalue weighted by molar-refractivity contribution is -0.123. The standard InChI is InChI=1S/C65H115NO3/c1-3-5-7-9-11-13-15-17-19-21-23-25-27-29-30-31-32-33-34-35-36-37-39-41-43-45-47-49-51-53-55-57-59-61-65(69)66-63(62-67)64(68)60-58-56-54-52-50-48-46-44-42-40-38-28-26-24-22-20-18-16-14-12-10-8-6-4-2/h5,7,11,13,17,19,23,25,29-30,32-33,50,52,58,60,63-64,67-68H,3-4,6,8-10,12,14-16,18,20-22,24,26-28,31,34-49,51,53-57,59,61-62H2,1-2H3,(H,66,69)/b7-5-,13-11-,19-17-,25-23-,30-29-,33-32-,52-50+,60-58+. The number of carbonyl (C=O) groups is 1. The molecule has 2 unspecified atom stereocenters. The van der Waals surface area contributed by atoms with Crippen LogP contribution in [-0.2, 0) is 4.79 Å². The van der Waals surface area contributed by atoms with Gasteiger partial charge in [0.15, 0.2) is 0 Å². The summed E-state index contributed by atoms with van der Waals surface area (Å²) in [6.45, 7) is 4.20. The van der Waals surface area contributed by atoms with Crippen LogP contribution in [0.1, 0.15) is 290 Å². The molecular weight excluding hydrogens is 843 g/mol. The number of amides is 1. The minimum atomic E-state index is -0.868. The normalized spacial score (nSPS) is 13.5. The van der Waals surface area contributed by atoms with Crippen molar-refractivity contribution in [1.82, 2.24) is 5.32 Å². The molecule has 398 valence electrons. The fourth-order valence-corrected chi connectivity index (χ4v) is 8.79. The van der Waals surface area contributed by atoms with Gasteiger partial charge in [0.2, 0.25) is 5.91 Å². The molecule has 0 aromatic carbocycles. The van der Waals surface area contributed by atoms with Crippen molar-refractivity contribution in [3.8, 4) is 0 Å². The number of hydrogen-bond acceptors (Lipinski definition) is 3. The Balaban J connectivity index is 3.55. The smallest absolute Gasteiger partial charge is 0.220 e. The Kier molecular flexibility index (Phi) is 57.3. The molecule has 0 fully saturated rings. The van der Waals surface area contributed by atoms with E-state index in [1.165, 1.54) is 199 Å². The Morgan fingerprint density at radius 2 is 0.652 bits per heavy atom. The Hall–Kier alpha value is -2.69. The maximum atomic E-state index is 12.5. The van der Waals surface area contributed by atoms with Gasteiger partial charge in [-0.1, -0.05) is 297 Å². The van der Waals surface area contributed by atoms with Gasteiger partial charge in [-0.05, 0) is 83.5 Å². The van der Waals surface area contributed by atoms with E-state index in [0.29, 0.717) is 6.42 Å². The van der Waals surface area contributed by atoms with Crippen molar-refractivity contribution in [2.45, 2.75) is 302 Å². The van der Waals surface area contributed by atoms with Gasteiger partial charge in [-0.15, -0.1) is 0 Å². The first-order chi connectivity index (χ1) is 34.2. The van der Waals surface area contributed by atoms with Crippen molar-refractivity contribution in [2.75, 3.05) is 6.61 Å². The molecule has 4 heteroatoms. The quantitative estimate of drug-likeness (QED) is 0.0420. The number of aliphatic hydroxyl groups is 2. The van der Waals surface area contributed by atoms with Gasteiger partial charge < -0.3 is 15.5 Å². The predicted molar refractivity (Wildman–Crippen MR) is 308 cm³/mol. The van der Waals surface area contributed by atoms with Crippen molar-refractivity contribution in [2.24, 2.45) is 0 Å². The number of allylic oxidation sites excluding steroid dienone is 15. The van der Waals surface area contributed by atoms with Gasteiger partial charge in [-0.25, -0.2) is 0 Å². The van der Waals surface area contributed by atoms with E-state index in [1.54, 1.807) is 6.08 Å². The Morgan fingerprint density at radius 1 is 0.362 bits per heavy atom. The number of aliphatic hydroxyl groups excluding tert-OH is 2. The van der Waals surface area contributed by atoms with E-state index < -0.39 is 12.1 Å². The molecule has 0 aromatic heterocycles. The summed E-state index contributed by atoms with van der Waals surface area (Å²) in [7, 11) is 0. The molecule has 0 aromatic rings. The van der Waals surface area contributed by atoms with Gasteiger partial charge in [0.05, 0.1) is 18.8 Å². The minimum absolute atomic E-state index is 0.0751. The molecule has 0 aliphatic rings. The molecule has 0 heterocycles. The lowest BCUT2D eigenvalue weighted by Gasteiger charge is -2.19. The van der Waals surface area contributed by atoms with E-state index >= 15 is 0 Å². The molecule has 0 saturated carbocycles. The van der Waals surface area contributed by atoms with E-state index in [0.717, 1.165) is 70.6 Å². The van der Waals surface area contributed by atoms with Crippen molar-refractivity contribution < 1.29 is 15.0 Å². The van der Waals surface area contributed by atoms with Crippen LogP contribution < -0.4 is 5.32 Å². The van der Waals surface area contributed by atoms with Crippen molar-refractivity contribution >= 4 is 5.91 Å². The summed E-state index contributed by atoms with van der Waals surface area (Å²) >= 11 is 0. The lowest BCUT2D eigenvalue weighted by atomic mass is 10.0. The highest BCUT2D eigenvalue weighted by atomic mass is 16.3. The number of hydrogen-bond donors (Lipinski definition) is 3. The highest BCUT2D eigenvalue weighted by Crippen LogP contribution is 2.16. The highest BCUT2D eigenvalue weighted by molar-refractivity contribution is 5.76. The molecule has 1 amide bonds. The summed E-state index contributed by atoms with van der Waals surface area (Å²) in [5.74, 6) is -0.0751.